The fourth-order valence-electron chi connectivity index (χ4n) is 1.07. The maximum Gasteiger partial charge on any atom is 0.161 e. The first-order valence-electron chi connectivity index (χ1n) is 4.37. The average Bonchev–Trinajstić information content (AvgIpc) is 2.25. The van der Waals surface area contributed by atoms with E-state index in [-0.39, 0.29) is 0 Å². The fourth-order valence-corrected chi connectivity index (χ4v) is 1.19. The van der Waals surface area contributed by atoms with Gasteiger partial charge in [-0.15, -0.1) is 0 Å². The van der Waals surface area contributed by atoms with Gasteiger partial charge in [0, 0.05) is 11.2 Å². The molecular formula is C11H9ClN2O. The fraction of sp³-hybridized carbons (Fsp3) is 0. The molecule has 0 atom stereocenters. The van der Waals surface area contributed by atoms with Crippen molar-refractivity contribution in [3.8, 4) is 5.75 Å². The van der Waals surface area contributed by atoms with Gasteiger partial charge in [0.25, 0.3) is 0 Å². The van der Waals surface area contributed by atoms with Crippen molar-refractivity contribution in [3.63, 3.8) is 0 Å². The van der Waals surface area contributed by atoms with Gasteiger partial charge in [-0.05, 0) is 24.3 Å². The van der Waals surface area contributed by atoms with Crippen molar-refractivity contribution < 1.29 is 4.74 Å². The molecule has 0 saturated carbocycles. The lowest BCUT2D eigenvalue weighted by Crippen LogP contribution is -2.12. The first-order chi connectivity index (χ1) is 7.24. The highest BCUT2D eigenvalue weighted by atomic mass is 35.5. The van der Waals surface area contributed by atoms with Gasteiger partial charge in [-0.3, -0.25) is 0 Å². The minimum Gasteiger partial charge on any atom is -0.454 e. The highest BCUT2D eigenvalue weighted by molar-refractivity contribution is 6.30. The number of aliphatic imine (C=N–C) groups is 1. The Labute approximate surface area is 92.7 Å². The van der Waals surface area contributed by atoms with Crippen LogP contribution in [0.4, 0.5) is 0 Å². The van der Waals surface area contributed by atoms with Crippen LogP contribution in [0.1, 0.15) is 0 Å². The number of allylic oxidation sites excluding steroid dienone is 1. The first-order valence-corrected chi connectivity index (χ1v) is 4.75. The molecule has 0 bridgehead atoms. The number of ether oxygens (including phenoxy) is 1. The topological polar surface area (TPSA) is 33.6 Å². The van der Waals surface area contributed by atoms with Gasteiger partial charge in [0.1, 0.15) is 11.6 Å². The third-order valence-corrected chi connectivity index (χ3v) is 2.03. The predicted octanol–water partition coefficient (Wildman–Crippen LogP) is 2.71. The van der Waals surface area contributed by atoms with Crippen molar-refractivity contribution in [1.29, 1.82) is 0 Å². The van der Waals surface area contributed by atoms with E-state index in [1.165, 1.54) is 0 Å². The molecule has 0 aromatic heterocycles. The molecule has 1 heterocycles. The number of benzene rings is 1. The number of halogens is 1. The Morgan fingerprint density at radius 2 is 2.00 bits per heavy atom. The number of rotatable bonds is 2. The van der Waals surface area contributed by atoms with Crippen LogP contribution in [0.5, 0.6) is 5.75 Å². The molecule has 0 spiro atoms. The Morgan fingerprint density at radius 3 is 2.60 bits per heavy atom. The molecule has 15 heavy (non-hydrogen) atoms. The van der Waals surface area contributed by atoms with Crippen LogP contribution in [0.2, 0.25) is 5.02 Å². The normalized spacial score (nSPS) is 14.5. The van der Waals surface area contributed by atoms with Crippen molar-refractivity contribution >= 4 is 17.8 Å². The van der Waals surface area contributed by atoms with Crippen LogP contribution in [0.15, 0.2) is 53.6 Å². The van der Waals surface area contributed by atoms with Crippen LogP contribution >= 0.6 is 11.6 Å². The summed E-state index contributed by atoms with van der Waals surface area (Å²) in [5.74, 6) is 1.94. The van der Waals surface area contributed by atoms with Crippen LogP contribution in [-0.2, 0) is 0 Å². The zero-order valence-corrected chi connectivity index (χ0v) is 8.66. The summed E-state index contributed by atoms with van der Waals surface area (Å²) in [5, 5.41) is 3.54. The SMILES string of the molecule is C=C1N=CC(Oc2ccc(Cl)cc2)=CN1. The van der Waals surface area contributed by atoms with Crippen molar-refractivity contribution in [3.05, 3.63) is 53.6 Å². The molecule has 1 N–H and O–H groups in total. The van der Waals surface area contributed by atoms with E-state index < -0.39 is 0 Å². The van der Waals surface area contributed by atoms with E-state index in [1.54, 1.807) is 36.7 Å². The van der Waals surface area contributed by atoms with Gasteiger partial charge < -0.3 is 10.1 Å². The maximum absolute atomic E-state index is 5.75. The van der Waals surface area contributed by atoms with Gasteiger partial charge >= 0.3 is 0 Å². The maximum atomic E-state index is 5.75. The molecule has 0 aliphatic carbocycles. The van der Waals surface area contributed by atoms with E-state index in [0.29, 0.717) is 22.4 Å². The van der Waals surface area contributed by atoms with Crippen molar-refractivity contribution in [2.45, 2.75) is 0 Å². The van der Waals surface area contributed by atoms with E-state index in [2.05, 4.69) is 16.9 Å². The van der Waals surface area contributed by atoms with Gasteiger partial charge in [0.2, 0.25) is 0 Å². The second-order valence-corrected chi connectivity index (χ2v) is 3.39. The van der Waals surface area contributed by atoms with E-state index in [9.17, 15) is 0 Å². The number of hydrogen-bond donors (Lipinski definition) is 1. The lowest BCUT2D eigenvalue weighted by Gasteiger charge is -2.10. The zero-order valence-electron chi connectivity index (χ0n) is 7.90. The third kappa shape index (κ3) is 2.60. The molecule has 0 fully saturated rings. The minimum absolute atomic E-state index is 0.596. The Hall–Kier alpha value is -1.74. The summed E-state index contributed by atoms with van der Waals surface area (Å²) in [6, 6.07) is 7.12. The van der Waals surface area contributed by atoms with E-state index >= 15 is 0 Å². The summed E-state index contributed by atoms with van der Waals surface area (Å²) < 4.78 is 5.51. The molecule has 1 aliphatic heterocycles. The van der Waals surface area contributed by atoms with E-state index in [0.717, 1.165) is 0 Å². The van der Waals surface area contributed by atoms with Crippen molar-refractivity contribution in [1.82, 2.24) is 5.32 Å². The first kappa shape index (κ1) is 9.80. The van der Waals surface area contributed by atoms with Crippen LogP contribution in [0.25, 0.3) is 0 Å². The molecule has 1 aliphatic rings. The highest BCUT2D eigenvalue weighted by Gasteiger charge is 2.02. The van der Waals surface area contributed by atoms with Crippen LogP contribution in [-0.4, -0.2) is 6.21 Å². The Bertz CT molecular complexity index is 434. The molecule has 0 saturated heterocycles. The minimum atomic E-state index is 0.596. The van der Waals surface area contributed by atoms with Gasteiger partial charge in [0.05, 0.1) is 6.21 Å². The summed E-state index contributed by atoms with van der Waals surface area (Å²) in [4.78, 5) is 3.98. The van der Waals surface area contributed by atoms with Gasteiger partial charge in [-0.1, -0.05) is 18.2 Å². The molecule has 0 unspecified atom stereocenters. The molecule has 0 radical (unpaired) electrons. The van der Waals surface area contributed by atoms with E-state index in [1.807, 2.05) is 0 Å². The van der Waals surface area contributed by atoms with E-state index in [4.69, 9.17) is 16.3 Å². The Kier molecular flexibility index (Phi) is 2.74. The number of hydrogen-bond acceptors (Lipinski definition) is 3. The lowest BCUT2D eigenvalue weighted by molar-refractivity contribution is 0.451. The average molecular weight is 221 g/mol. The second-order valence-electron chi connectivity index (χ2n) is 2.95. The van der Waals surface area contributed by atoms with Crippen molar-refractivity contribution in [2.75, 3.05) is 0 Å². The highest BCUT2D eigenvalue weighted by Crippen LogP contribution is 2.17. The van der Waals surface area contributed by atoms with Gasteiger partial charge in [0.15, 0.2) is 5.76 Å². The zero-order chi connectivity index (χ0) is 10.7. The number of nitrogens with one attached hydrogen (secondary N) is 1. The Balaban J connectivity index is 2.07. The molecule has 4 heteroatoms. The summed E-state index contributed by atoms with van der Waals surface area (Å²) in [7, 11) is 0. The summed E-state index contributed by atoms with van der Waals surface area (Å²) >= 11 is 5.75. The second kappa shape index (κ2) is 4.19. The molecule has 1 aromatic rings. The molecule has 2 rings (SSSR count). The van der Waals surface area contributed by atoms with Gasteiger partial charge in [-0.25, -0.2) is 4.99 Å². The van der Waals surface area contributed by atoms with Crippen LogP contribution in [0.3, 0.4) is 0 Å². The quantitative estimate of drug-likeness (QED) is 0.832. The third-order valence-electron chi connectivity index (χ3n) is 1.78. The molecule has 76 valence electrons. The van der Waals surface area contributed by atoms with Gasteiger partial charge in [-0.2, -0.15) is 0 Å². The van der Waals surface area contributed by atoms with Crippen molar-refractivity contribution in [2.24, 2.45) is 4.99 Å². The molecular weight excluding hydrogens is 212 g/mol. The summed E-state index contributed by atoms with van der Waals surface area (Å²) in [6.07, 6.45) is 3.30. The predicted molar refractivity (Wildman–Crippen MR) is 60.9 cm³/mol. The largest absolute Gasteiger partial charge is 0.454 e. The van der Waals surface area contributed by atoms with Crippen LogP contribution < -0.4 is 10.1 Å². The monoisotopic (exact) mass is 220 g/mol. The smallest absolute Gasteiger partial charge is 0.161 e. The summed E-state index contributed by atoms with van der Waals surface area (Å²) in [5.41, 5.74) is 0. The standard InChI is InChI=1S/C11H9ClN2O/c1-8-13-6-11(7-14-8)15-10-4-2-9(12)3-5-10/h2-7,13H,1H2. The molecule has 0 amide bonds. The lowest BCUT2D eigenvalue weighted by atomic mass is 10.3. The molecule has 3 nitrogen and oxygen atoms in total. The van der Waals surface area contributed by atoms with Crippen LogP contribution in [0, 0.1) is 0 Å². The number of nitrogens with zero attached hydrogens (tertiary/aromatic N) is 1. The summed E-state index contributed by atoms with van der Waals surface area (Å²) in [6.45, 7) is 3.64. The molecule has 1 aromatic carbocycles. The Morgan fingerprint density at radius 1 is 1.27 bits per heavy atom.